The molecule has 1 aromatic carbocycles. The van der Waals surface area contributed by atoms with Gasteiger partial charge in [-0.15, -0.1) is 0 Å². The molecule has 3 rings (SSSR count). The molecule has 0 aliphatic carbocycles. The van der Waals surface area contributed by atoms with Crippen molar-refractivity contribution in [1.82, 2.24) is 19.7 Å². The molecule has 0 unspecified atom stereocenters. The predicted octanol–water partition coefficient (Wildman–Crippen LogP) is 1.97. The van der Waals surface area contributed by atoms with E-state index in [1.165, 1.54) is 18.6 Å². The van der Waals surface area contributed by atoms with Gasteiger partial charge in [0.1, 0.15) is 11.5 Å². The van der Waals surface area contributed by atoms with E-state index in [2.05, 4.69) is 20.4 Å². The third-order valence-corrected chi connectivity index (χ3v) is 2.93. The van der Waals surface area contributed by atoms with E-state index in [1.54, 1.807) is 16.9 Å². The number of carbonyl (C=O) groups excluding carboxylic acids is 1. The van der Waals surface area contributed by atoms with Crippen LogP contribution in [-0.2, 0) is 6.54 Å². The number of hydrogen-bond acceptors (Lipinski definition) is 4. The van der Waals surface area contributed by atoms with Crippen molar-refractivity contribution in [2.45, 2.75) is 6.54 Å². The summed E-state index contributed by atoms with van der Waals surface area (Å²) < 4.78 is 1.73. The van der Waals surface area contributed by atoms with Crippen LogP contribution in [0, 0.1) is 0 Å². The van der Waals surface area contributed by atoms with Gasteiger partial charge in [-0.2, -0.15) is 5.10 Å². The number of nitrogens with one attached hydrogen (secondary N) is 1. The number of carbonyl (C=O) groups is 1. The Morgan fingerprint density at radius 3 is 2.71 bits per heavy atom. The summed E-state index contributed by atoms with van der Waals surface area (Å²) in [6.07, 6.45) is 6.08. The summed E-state index contributed by atoms with van der Waals surface area (Å²) in [5.41, 5.74) is 1.38. The second-order valence-corrected chi connectivity index (χ2v) is 4.40. The summed E-state index contributed by atoms with van der Waals surface area (Å²) in [4.78, 5) is 19.9. The molecule has 6 heteroatoms. The number of aromatic nitrogens is 4. The first kappa shape index (κ1) is 13.0. The Bertz CT molecular complexity index is 724. The third kappa shape index (κ3) is 3.11. The van der Waals surface area contributed by atoms with E-state index in [9.17, 15) is 4.79 Å². The van der Waals surface area contributed by atoms with Crippen molar-refractivity contribution in [3.63, 3.8) is 0 Å². The van der Waals surface area contributed by atoms with Crippen molar-refractivity contribution >= 4 is 11.7 Å². The first-order valence-corrected chi connectivity index (χ1v) is 6.46. The molecule has 0 saturated heterocycles. The van der Waals surface area contributed by atoms with Crippen molar-refractivity contribution in [3.05, 3.63) is 72.4 Å². The van der Waals surface area contributed by atoms with Crippen LogP contribution in [0.2, 0.25) is 0 Å². The monoisotopic (exact) mass is 279 g/mol. The quantitative estimate of drug-likeness (QED) is 0.792. The van der Waals surface area contributed by atoms with Gasteiger partial charge >= 0.3 is 0 Å². The van der Waals surface area contributed by atoms with Crippen molar-refractivity contribution < 1.29 is 4.79 Å². The molecular weight excluding hydrogens is 266 g/mol. The summed E-state index contributed by atoms with van der Waals surface area (Å²) in [5.74, 6) is 0.312. The summed E-state index contributed by atoms with van der Waals surface area (Å²) in [6, 6.07) is 11.7. The van der Waals surface area contributed by atoms with E-state index in [0.717, 1.165) is 5.56 Å². The van der Waals surface area contributed by atoms with Crippen LogP contribution in [0.4, 0.5) is 5.82 Å². The van der Waals surface area contributed by atoms with Gasteiger partial charge in [-0.05, 0) is 5.56 Å². The van der Waals surface area contributed by atoms with Gasteiger partial charge in [0.15, 0.2) is 0 Å². The SMILES string of the molecule is O=C(Nc1ccnn1Cc1ccccc1)c1cnccn1. The highest BCUT2D eigenvalue weighted by atomic mass is 16.2. The summed E-state index contributed by atoms with van der Waals surface area (Å²) in [6.45, 7) is 0.587. The van der Waals surface area contributed by atoms with E-state index < -0.39 is 0 Å². The molecule has 2 aromatic heterocycles. The second kappa shape index (κ2) is 5.96. The van der Waals surface area contributed by atoms with E-state index in [0.29, 0.717) is 12.4 Å². The molecule has 2 heterocycles. The van der Waals surface area contributed by atoms with E-state index in [4.69, 9.17) is 0 Å². The average molecular weight is 279 g/mol. The number of hydrogen-bond donors (Lipinski definition) is 1. The molecule has 0 aliphatic rings. The zero-order valence-electron chi connectivity index (χ0n) is 11.2. The molecule has 0 aliphatic heterocycles. The van der Waals surface area contributed by atoms with E-state index in [1.807, 2.05) is 30.3 Å². The largest absolute Gasteiger partial charge is 0.305 e. The van der Waals surface area contributed by atoms with E-state index >= 15 is 0 Å². The predicted molar refractivity (Wildman–Crippen MR) is 77.8 cm³/mol. The van der Waals surface area contributed by atoms with Crippen molar-refractivity contribution in [3.8, 4) is 0 Å². The molecule has 0 bridgehead atoms. The maximum atomic E-state index is 12.1. The smallest absolute Gasteiger partial charge is 0.277 e. The molecule has 6 nitrogen and oxygen atoms in total. The Morgan fingerprint density at radius 2 is 1.95 bits per heavy atom. The standard InChI is InChI=1S/C15H13N5O/c21-15(13-10-16-8-9-17-13)19-14-6-7-18-20(14)11-12-4-2-1-3-5-12/h1-10H,11H2,(H,19,21). The second-order valence-electron chi connectivity index (χ2n) is 4.40. The minimum Gasteiger partial charge on any atom is -0.305 e. The molecule has 1 amide bonds. The Hall–Kier alpha value is -3.02. The van der Waals surface area contributed by atoms with Crippen LogP contribution >= 0.6 is 0 Å². The summed E-state index contributed by atoms with van der Waals surface area (Å²) in [7, 11) is 0. The van der Waals surface area contributed by atoms with Gasteiger partial charge in [0.2, 0.25) is 0 Å². The van der Waals surface area contributed by atoms with Gasteiger partial charge in [0, 0.05) is 18.5 Å². The van der Waals surface area contributed by atoms with Gasteiger partial charge in [0.25, 0.3) is 5.91 Å². The van der Waals surface area contributed by atoms with Crippen LogP contribution in [0.15, 0.2) is 61.2 Å². The lowest BCUT2D eigenvalue weighted by Gasteiger charge is -2.08. The first-order valence-electron chi connectivity index (χ1n) is 6.46. The Kier molecular flexibility index (Phi) is 3.68. The molecule has 1 N–H and O–H groups in total. The average Bonchev–Trinajstić information content (AvgIpc) is 2.96. The highest BCUT2D eigenvalue weighted by molar-refractivity contribution is 6.02. The maximum absolute atomic E-state index is 12.1. The number of amides is 1. The van der Waals surface area contributed by atoms with Crippen LogP contribution in [0.3, 0.4) is 0 Å². The van der Waals surface area contributed by atoms with Crippen molar-refractivity contribution in [2.75, 3.05) is 5.32 Å². The molecule has 104 valence electrons. The highest BCUT2D eigenvalue weighted by Crippen LogP contribution is 2.11. The molecule has 3 aromatic rings. The number of anilines is 1. The van der Waals surface area contributed by atoms with E-state index in [-0.39, 0.29) is 11.6 Å². The number of rotatable bonds is 4. The molecule has 0 atom stereocenters. The van der Waals surface area contributed by atoms with Crippen LogP contribution in [0.5, 0.6) is 0 Å². The minimum atomic E-state index is -0.307. The lowest BCUT2D eigenvalue weighted by molar-refractivity contribution is 0.102. The third-order valence-electron chi connectivity index (χ3n) is 2.93. The topological polar surface area (TPSA) is 72.7 Å². The fraction of sp³-hybridized carbons (Fsp3) is 0.0667. The Labute approximate surface area is 121 Å². The summed E-state index contributed by atoms with van der Waals surface area (Å²) in [5, 5.41) is 7.01. The van der Waals surface area contributed by atoms with Crippen LogP contribution < -0.4 is 5.32 Å². The molecule has 0 radical (unpaired) electrons. The lowest BCUT2D eigenvalue weighted by Crippen LogP contribution is -2.17. The fourth-order valence-electron chi connectivity index (χ4n) is 1.92. The van der Waals surface area contributed by atoms with Crippen LogP contribution in [-0.4, -0.2) is 25.7 Å². The maximum Gasteiger partial charge on any atom is 0.277 e. The van der Waals surface area contributed by atoms with Gasteiger partial charge in [-0.25, -0.2) is 9.67 Å². The number of nitrogens with zero attached hydrogens (tertiary/aromatic N) is 4. The van der Waals surface area contributed by atoms with Gasteiger partial charge < -0.3 is 5.32 Å². The van der Waals surface area contributed by atoms with Gasteiger partial charge in [-0.1, -0.05) is 30.3 Å². The highest BCUT2D eigenvalue weighted by Gasteiger charge is 2.10. The normalized spacial score (nSPS) is 10.3. The van der Waals surface area contributed by atoms with Gasteiger partial charge in [0.05, 0.1) is 18.9 Å². The molecule has 0 spiro atoms. The number of benzene rings is 1. The Morgan fingerprint density at radius 1 is 1.10 bits per heavy atom. The van der Waals surface area contributed by atoms with Crippen LogP contribution in [0.1, 0.15) is 16.1 Å². The fourth-order valence-corrected chi connectivity index (χ4v) is 1.92. The lowest BCUT2D eigenvalue weighted by atomic mass is 10.2. The molecule has 0 fully saturated rings. The Balaban J connectivity index is 1.75. The zero-order valence-corrected chi connectivity index (χ0v) is 11.2. The van der Waals surface area contributed by atoms with Crippen molar-refractivity contribution in [2.24, 2.45) is 0 Å². The van der Waals surface area contributed by atoms with Crippen LogP contribution in [0.25, 0.3) is 0 Å². The van der Waals surface area contributed by atoms with Crippen molar-refractivity contribution in [1.29, 1.82) is 0 Å². The van der Waals surface area contributed by atoms with Gasteiger partial charge in [-0.3, -0.25) is 9.78 Å². The zero-order chi connectivity index (χ0) is 14.5. The molecular formula is C15H13N5O. The first-order chi connectivity index (χ1) is 10.3. The molecule has 0 saturated carbocycles. The minimum absolute atomic E-state index is 0.268. The summed E-state index contributed by atoms with van der Waals surface area (Å²) >= 11 is 0. The molecule has 21 heavy (non-hydrogen) atoms.